The van der Waals surface area contributed by atoms with Crippen molar-refractivity contribution in [1.82, 2.24) is 0 Å². The fourth-order valence-corrected chi connectivity index (χ4v) is 3.51. The van der Waals surface area contributed by atoms with Crippen LogP contribution in [0.4, 0.5) is 4.39 Å². The molecular weight excluding hydrogens is 359 g/mol. The van der Waals surface area contributed by atoms with Crippen LogP contribution in [0.25, 0.3) is 11.1 Å². The topological polar surface area (TPSA) is 17.1 Å². The van der Waals surface area contributed by atoms with Crippen molar-refractivity contribution in [3.05, 3.63) is 59.4 Å². The van der Waals surface area contributed by atoms with Crippen molar-refractivity contribution in [3.63, 3.8) is 0 Å². The second-order valence-electron chi connectivity index (χ2n) is 7.24. The van der Waals surface area contributed by atoms with Crippen LogP contribution in [0.1, 0.15) is 80.6 Å². The van der Waals surface area contributed by atoms with Gasteiger partial charge >= 0.3 is 0 Å². The van der Waals surface area contributed by atoms with Crippen molar-refractivity contribution >= 4 is 16.8 Å². The molecule has 0 spiro atoms. The van der Waals surface area contributed by atoms with Gasteiger partial charge in [-0.1, -0.05) is 88.6 Å². The van der Waals surface area contributed by atoms with Crippen LogP contribution >= 0.6 is 11.6 Å². The fourth-order valence-electron chi connectivity index (χ4n) is 3.36. The first-order chi connectivity index (χ1) is 13.1. The van der Waals surface area contributed by atoms with Crippen molar-refractivity contribution < 1.29 is 9.18 Å². The Bertz CT molecular complexity index is 709. The van der Waals surface area contributed by atoms with Crippen LogP contribution in [0.15, 0.2) is 42.5 Å². The number of rotatable bonds is 12. The Morgan fingerprint density at radius 1 is 0.815 bits per heavy atom. The van der Waals surface area contributed by atoms with Gasteiger partial charge in [-0.05, 0) is 53.3 Å². The molecule has 3 heteroatoms. The van der Waals surface area contributed by atoms with E-state index in [4.69, 9.17) is 11.6 Å². The molecule has 0 heterocycles. The lowest BCUT2D eigenvalue weighted by Crippen LogP contribution is -1.94. The van der Waals surface area contributed by atoms with Crippen LogP contribution in [0.5, 0.6) is 0 Å². The molecule has 0 fully saturated rings. The van der Waals surface area contributed by atoms with Crippen molar-refractivity contribution in [2.75, 3.05) is 0 Å². The third-order valence-corrected chi connectivity index (χ3v) is 5.24. The first kappa shape index (κ1) is 21.6. The molecule has 1 nitrogen and oxygen atoms in total. The van der Waals surface area contributed by atoms with E-state index >= 15 is 0 Å². The Labute approximate surface area is 167 Å². The Balaban J connectivity index is 1.74. The van der Waals surface area contributed by atoms with Crippen LogP contribution in [0.2, 0.25) is 0 Å². The molecule has 146 valence electrons. The van der Waals surface area contributed by atoms with Gasteiger partial charge in [0.25, 0.3) is 5.24 Å². The average Bonchev–Trinajstić information content (AvgIpc) is 2.67. The molecule has 0 atom stereocenters. The second kappa shape index (κ2) is 11.9. The van der Waals surface area contributed by atoms with Gasteiger partial charge in [-0.15, -0.1) is 0 Å². The lowest BCUT2D eigenvalue weighted by Gasteiger charge is -2.06. The van der Waals surface area contributed by atoms with E-state index in [1.54, 1.807) is 6.07 Å². The standard InChI is InChI=1S/C24H30ClFO/c1-2-3-4-5-6-7-8-9-10-11-19-12-14-20(15-13-19)21-16-17-22(24(25)27)23(26)18-21/h12-18H,2-11H2,1H3. The van der Waals surface area contributed by atoms with E-state index in [1.165, 1.54) is 75.5 Å². The van der Waals surface area contributed by atoms with E-state index in [9.17, 15) is 9.18 Å². The summed E-state index contributed by atoms with van der Waals surface area (Å²) in [5, 5.41) is -0.768. The summed E-state index contributed by atoms with van der Waals surface area (Å²) >= 11 is 5.36. The maximum atomic E-state index is 13.9. The van der Waals surface area contributed by atoms with E-state index in [-0.39, 0.29) is 5.56 Å². The van der Waals surface area contributed by atoms with Gasteiger partial charge in [0.05, 0.1) is 5.56 Å². The minimum absolute atomic E-state index is 0.0811. The van der Waals surface area contributed by atoms with Gasteiger partial charge in [-0.25, -0.2) is 4.39 Å². The maximum absolute atomic E-state index is 13.9. The van der Waals surface area contributed by atoms with Crippen LogP contribution in [-0.4, -0.2) is 5.24 Å². The zero-order valence-electron chi connectivity index (χ0n) is 16.3. The molecule has 0 unspecified atom stereocenters. The number of benzene rings is 2. The first-order valence-electron chi connectivity index (χ1n) is 10.2. The van der Waals surface area contributed by atoms with Crippen molar-refractivity contribution in [2.24, 2.45) is 0 Å². The van der Waals surface area contributed by atoms with Gasteiger partial charge in [0.1, 0.15) is 5.82 Å². The predicted octanol–water partition coefficient (Wildman–Crippen LogP) is 7.95. The highest BCUT2D eigenvalue weighted by Crippen LogP contribution is 2.24. The second-order valence-corrected chi connectivity index (χ2v) is 7.59. The van der Waals surface area contributed by atoms with Crippen molar-refractivity contribution in [2.45, 2.75) is 71.1 Å². The predicted molar refractivity (Wildman–Crippen MR) is 113 cm³/mol. The molecule has 0 amide bonds. The van der Waals surface area contributed by atoms with Crippen LogP contribution < -0.4 is 0 Å². The molecule has 2 aromatic rings. The summed E-state index contributed by atoms with van der Waals surface area (Å²) in [4.78, 5) is 11.1. The number of unbranched alkanes of at least 4 members (excludes halogenated alkanes) is 8. The van der Waals surface area contributed by atoms with Gasteiger partial charge in [-0.3, -0.25) is 4.79 Å². The van der Waals surface area contributed by atoms with Gasteiger partial charge in [0, 0.05) is 0 Å². The largest absolute Gasteiger partial charge is 0.275 e. The summed E-state index contributed by atoms with van der Waals surface area (Å²) in [6.45, 7) is 2.25. The number of hydrogen-bond acceptors (Lipinski definition) is 1. The molecule has 2 aromatic carbocycles. The quantitative estimate of drug-likeness (QED) is 0.266. The van der Waals surface area contributed by atoms with E-state index in [0.717, 1.165) is 17.5 Å². The molecule has 0 aliphatic carbocycles. The molecule has 0 aliphatic rings. The molecule has 0 saturated carbocycles. The monoisotopic (exact) mass is 388 g/mol. The first-order valence-corrected chi connectivity index (χ1v) is 10.6. The molecule has 0 bridgehead atoms. The summed E-state index contributed by atoms with van der Waals surface area (Å²) in [6.07, 6.45) is 13.1. The minimum Gasteiger partial charge on any atom is -0.275 e. The lowest BCUT2D eigenvalue weighted by molar-refractivity contribution is 0.107. The fraction of sp³-hybridized carbons (Fsp3) is 0.458. The summed E-state index contributed by atoms with van der Waals surface area (Å²) in [5.74, 6) is -0.578. The Hall–Kier alpha value is -1.67. The minimum atomic E-state index is -0.768. The van der Waals surface area contributed by atoms with Crippen LogP contribution in [0, 0.1) is 5.82 Å². The third kappa shape index (κ3) is 7.46. The maximum Gasteiger partial charge on any atom is 0.255 e. The highest BCUT2D eigenvalue weighted by Gasteiger charge is 2.10. The normalized spacial score (nSPS) is 10.9. The molecule has 0 aliphatic heterocycles. The van der Waals surface area contributed by atoms with Gasteiger partial charge in [-0.2, -0.15) is 0 Å². The van der Waals surface area contributed by atoms with Gasteiger partial charge < -0.3 is 0 Å². The zero-order valence-corrected chi connectivity index (χ0v) is 17.0. The Morgan fingerprint density at radius 2 is 1.37 bits per heavy atom. The van der Waals surface area contributed by atoms with Crippen LogP contribution in [0.3, 0.4) is 0 Å². The molecule has 0 radical (unpaired) electrons. The SMILES string of the molecule is CCCCCCCCCCCc1ccc(-c2ccc(C(=O)Cl)c(F)c2)cc1. The van der Waals surface area contributed by atoms with E-state index < -0.39 is 11.1 Å². The molecule has 2 rings (SSSR count). The van der Waals surface area contributed by atoms with Gasteiger partial charge in [0.15, 0.2) is 0 Å². The van der Waals surface area contributed by atoms with E-state index in [0.29, 0.717) is 0 Å². The summed E-state index contributed by atoms with van der Waals surface area (Å²) in [6, 6.07) is 12.8. The number of carbonyl (C=O) groups excluding carboxylic acids is 1. The van der Waals surface area contributed by atoms with Crippen molar-refractivity contribution in [3.8, 4) is 11.1 Å². The zero-order chi connectivity index (χ0) is 19.5. The van der Waals surface area contributed by atoms with Crippen LogP contribution in [-0.2, 0) is 6.42 Å². The molecule has 0 N–H and O–H groups in total. The molecule has 0 saturated heterocycles. The summed E-state index contributed by atoms with van der Waals surface area (Å²) in [5.41, 5.74) is 2.93. The molecule has 27 heavy (non-hydrogen) atoms. The number of hydrogen-bond donors (Lipinski definition) is 0. The van der Waals surface area contributed by atoms with E-state index in [1.807, 2.05) is 12.1 Å². The average molecular weight is 389 g/mol. The molecule has 0 aromatic heterocycles. The third-order valence-electron chi connectivity index (χ3n) is 5.04. The lowest BCUT2D eigenvalue weighted by atomic mass is 9.99. The number of carbonyl (C=O) groups is 1. The Morgan fingerprint density at radius 3 is 1.93 bits per heavy atom. The van der Waals surface area contributed by atoms with Crippen molar-refractivity contribution in [1.29, 1.82) is 0 Å². The molecular formula is C24H30ClFO. The summed E-state index contributed by atoms with van der Waals surface area (Å²) < 4.78 is 13.9. The summed E-state index contributed by atoms with van der Waals surface area (Å²) in [7, 11) is 0. The number of halogens is 2. The van der Waals surface area contributed by atoms with E-state index in [2.05, 4.69) is 19.1 Å². The Kier molecular flexibility index (Phi) is 9.55. The smallest absolute Gasteiger partial charge is 0.255 e. The van der Waals surface area contributed by atoms with Gasteiger partial charge in [0.2, 0.25) is 0 Å². The number of aryl methyl sites for hydroxylation is 1. The highest BCUT2D eigenvalue weighted by molar-refractivity contribution is 6.67. The highest BCUT2D eigenvalue weighted by atomic mass is 35.5.